The number of hydrogen-bond acceptors (Lipinski definition) is 1. The molecule has 1 heteroatoms. The summed E-state index contributed by atoms with van der Waals surface area (Å²) in [4.78, 5) is 0. The van der Waals surface area contributed by atoms with Crippen LogP contribution in [0, 0.1) is 25.2 Å². The van der Waals surface area contributed by atoms with Crippen LogP contribution in [0.1, 0.15) is 46.2 Å². The standard InChI is InChI=1S/C27H23N/c1-17-7-5-6-8-23(17)25-13-21(10-9-18(25)2)14-26-19(3)24-12-11-22(16-28)15-27(24)20(26)4/h5-15,19H,4H2,1-3H3/b26-14-. The van der Waals surface area contributed by atoms with Gasteiger partial charge >= 0.3 is 0 Å². The number of aryl methyl sites for hydroxylation is 2. The highest BCUT2D eigenvalue weighted by molar-refractivity contribution is 5.91. The molecule has 28 heavy (non-hydrogen) atoms. The summed E-state index contributed by atoms with van der Waals surface area (Å²) in [5.41, 5.74) is 11.6. The van der Waals surface area contributed by atoms with Crippen molar-refractivity contribution in [1.82, 2.24) is 0 Å². The lowest BCUT2D eigenvalue weighted by molar-refractivity contribution is 0.964. The van der Waals surface area contributed by atoms with Crippen LogP contribution in [-0.4, -0.2) is 0 Å². The molecule has 0 amide bonds. The SMILES string of the molecule is C=C1/C(=C\c2ccc(C)c(-c3ccccc3C)c2)C(C)c2ccc(C#N)cc21. The minimum atomic E-state index is 0.276. The molecule has 0 spiro atoms. The van der Waals surface area contributed by atoms with Gasteiger partial charge in [0.15, 0.2) is 0 Å². The molecule has 136 valence electrons. The van der Waals surface area contributed by atoms with Crippen LogP contribution in [0.15, 0.2) is 72.8 Å². The average molecular weight is 361 g/mol. The highest BCUT2D eigenvalue weighted by atomic mass is 14.3. The Balaban J connectivity index is 1.78. The molecular weight excluding hydrogens is 338 g/mol. The van der Waals surface area contributed by atoms with Crippen molar-refractivity contribution >= 4 is 11.6 Å². The van der Waals surface area contributed by atoms with Crippen molar-refractivity contribution in [1.29, 1.82) is 5.26 Å². The Morgan fingerprint density at radius 2 is 1.64 bits per heavy atom. The Labute approximate surface area is 167 Å². The molecule has 1 atom stereocenters. The Morgan fingerprint density at radius 3 is 2.39 bits per heavy atom. The minimum absolute atomic E-state index is 0.276. The lowest BCUT2D eigenvalue weighted by Crippen LogP contribution is -1.91. The van der Waals surface area contributed by atoms with Crippen molar-refractivity contribution in [3.63, 3.8) is 0 Å². The van der Waals surface area contributed by atoms with E-state index in [1.165, 1.54) is 39.0 Å². The molecule has 0 saturated carbocycles. The van der Waals surface area contributed by atoms with E-state index in [4.69, 9.17) is 0 Å². The third-order valence-electron chi connectivity index (χ3n) is 5.81. The van der Waals surface area contributed by atoms with E-state index in [1.807, 2.05) is 12.1 Å². The smallest absolute Gasteiger partial charge is 0.0991 e. The second-order valence-electron chi connectivity index (χ2n) is 7.60. The monoisotopic (exact) mass is 361 g/mol. The minimum Gasteiger partial charge on any atom is -0.192 e. The van der Waals surface area contributed by atoms with E-state index >= 15 is 0 Å². The van der Waals surface area contributed by atoms with E-state index in [1.54, 1.807) is 0 Å². The molecule has 1 aliphatic carbocycles. The van der Waals surface area contributed by atoms with Crippen molar-refractivity contribution in [2.75, 3.05) is 0 Å². The molecule has 1 aliphatic rings. The van der Waals surface area contributed by atoms with E-state index in [9.17, 15) is 5.26 Å². The molecule has 3 aromatic carbocycles. The van der Waals surface area contributed by atoms with Crippen molar-refractivity contribution in [3.8, 4) is 17.2 Å². The molecule has 1 unspecified atom stereocenters. The van der Waals surface area contributed by atoms with Gasteiger partial charge in [-0.1, -0.05) is 62.0 Å². The highest BCUT2D eigenvalue weighted by Gasteiger charge is 2.27. The number of nitriles is 1. The Kier molecular flexibility index (Phi) is 4.49. The first-order valence-electron chi connectivity index (χ1n) is 9.61. The first-order chi connectivity index (χ1) is 13.5. The predicted octanol–water partition coefficient (Wildman–Crippen LogP) is 7.06. The molecular formula is C27H23N. The number of benzene rings is 3. The fourth-order valence-electron chi connectivity index (χ4n) is 4.14. The van der Waals surface area contributed by atoms with Crippen molar-refractivity contribution in [2.24, 2.45) is 0 Å². The second kappa shape index (κ2) is 6.98. The van der Waals surface area contributed by atoms with Gasteiger partial charge in [-0.3, -0.25) is 0 Å². The third kappa shape index (κ3) is 2.98. The maximum atomic E-state index is 9.21. The van der Waals surface area contributed by atoms with E-state index in [2.05, 4.69) is 88.0 Å². The molecule has 0 fully saturated rings. The third-order valence-corrected chi connectivity index (χ3v) is 5.81. The van der Waals surface area contributed by atoms with Gasteiger partial charge in [-0.2, -0.15) is 5.26 Å². The van der Waals surface area contributed by atoms with Gasteiger partial charge in [0.05, 0.1) is 11.6 Å². The zero-order valence-electron chi connectivity index (χ0n) is 16.6. The Morgan fingerprint density at radius 1 is 0.893 bits per heavy atom. The summed E-state index contributed by atoms with van der Waals surface area (Å²) in [5, 5.41) is 9.21. The van der Waals surface area contributed by atoms with E-state index in [0.29, 0.717) is 5.56 Å². The zero-order valence-corrected chi connectivity index (χ0v) is 16.6. The van der Waals surface area contributed by atoms with Crippen LogP contribution in [0.3, 0.4) is 0 Å². The highest BCUT2D eigenvalue weighted by Crippen LogP contribution is 2.45. The lowest BCUT2D eigenvalue weighted by Gasteiger charge is -2.12. The first kappa shape index (κ1) is 18.0. The van der Waals surface area contributed by atoms with Crippen LogP contribution >= 0.6 is 0 Å². The fraction of sp³-hybridized carbons (Fsp3) is 0.148. The van der Waals surface area contributed by atoms with Gasteiger partial charge in [0, 0.05) is 5.92 Å². The summed E-state index contributed by atoms with van der Waals surface area (Å²) in [6, 6.07) is 23.3. The summed E-state index contributed by atoms with van der Waals surface area (Å²) >= 11 is 0. The molecule has 1 nitrogen and oxygen atoms in total. The van der Waals surface area contributed by atoms with E-state index in [0.717, 1.165) is 11.1 Å². The first-order valence-corrected chi connectivity index (χ1v) is 9.61. The van der Waals surface area contributed by atoms with Gasteiger partial charge in [0.2, 0.25) is 0 Å². The van der Waals surface area contributed by atoms with Gasteiger partial charge in [-0.05, 0) is 82.1 Å². The molecule has 0 aliphatic heterocycles. The van der Waals surface area contributed by atoms with Gasteiger partial charge in [0.1, 0.15) is 0 Å². The molecule has 0 radical (unpaired) electrons. The van der Waals surface area contributed by atoms with Gasteiger partial charge in [0.25, 0.3) is 0 Å². The number of fused-ring (bicyclic) bond motifs is 1. The number of allylic oxidation sites excluding steroid dienone is 2. The molecule has 0 saturated heterocycles. The summed E-state index contributed by atoms with van der Waals surface area (Å²) in [7, 11) is 0. The van der Waals surface area contributed by atoms with E-state index < -0.39 is 0 Å². The molecule has 4 rings (SSSR count). The second-order valence-corrected chi connectivity index (χ2v) is 7.60. The van der Waals surface area contributed by atoms with Crippen molar-refractivity contribution < 1.29 is 0 Å². The fourth-order valence-corrected chi connectivity index (χ4v) is 4.14. The summed E-state index contributed by atoms with van der Waals surface area (Å²) in [5.74, 6) is 0.276. The van der Waals surface area contributed by atoms with Crippen LogP contribution < -0.4 is 0 Å². The molecule has 0 N–H and O–H groups in total. The van der Waals surface area contributed by atoms with Crippen LogP contribution in [0.4, 0.5) is 0 Å². The zero-order chi connectivity index (χ0) is 19.8. The predicted molar refractivity (Wildman–Crippen MR) is 118 cm³/mol. The largest absolute Gasteiger partial charge is 0.192 e. The van der Waals surface area contributed by atoms with Gasteiger partial charge < -0.3 is 0 Å². The van der Waals surface area contributed by atoms with Crippen molar-refractivity contribution in [2.45, 2.75) is 26.7 Å². The summed E-state index contributed by atoms with van der Waals surface area (Å²) in [6.45, 7) is 10.9. The summed E-state index contributed by atoms with van der Waals surface area (Å²) < 4.78 is 0. The molecule has 0 aromatic heterocycles. The normalized spacial score (nSPS) is 16.9. The topological polar surface area (TPSA) is 23.8 Å². The molecule has 3 aromatic rings. The average Bonchev–Trinajstić information content (AvgIpc) is 2.94. The maximum absolute atomic E-state index is 9.21. The van der Waals surface area contributed by atoms with Crippen LogP contribution in [0.5, 0.6) is 0 Å². The van der Waals surface area contributed by atoms with Crippen LogP contribution in [0.2, 0.25) is 0 Å². The van der Waals surface area contributed by atoms with Gasteiger partial charge in [-0.25, -0.2) is 0 Å². The number of hydrogen-bond donors (Lipinski definition) is 0. The summed E-state index contributed by atoms with van der Waals surface area (Å²) in [6.07, 6.45) is 2.25. The van der Waals surface area contributed by atoms with Gasteiger partial charge in [-0.15, -0.1) is 0 Å². The molecule has 0 heterocycles. The maximum Gasteiger partial charge on any atom is 0.0991 e. The van der Waals surface area contributed by atoms with Crippen molar-refractivity contribution in [3.05, 3.63) is 106 Å². The van der Waals surface area contributed by atoms with E-state index in [-0.39, 0.29) is 5.92 Å². The molecule has 0 bridgehead atoms. The Bertz CT molecular complexity index is 1170. The van der Waals surface area contributed by atoms with Crippen LogP contribution in [-0.2, 0) is 0 Å². The Hall–Kier alpha value is -3.37. The van der Waals surface area contributed by atoms with Crippen LogP contribution in [0.25, 0.3) is 22.8 Å². The number of nitrogens with zero attached hydrogens (tertiary/aromatic N) is 1. The quantitative estimate of drug-likeness (QED) is 0.479. The lowest BCUT2D eigenvalue weighted by atomic mass is 9.92. The number of rotatable bonds is 2.